The van der Waals surface area contributed by atoms with Gasteiger partial charge in [0, 0.05) is 0 Å². The van der Waals surface area contributed by atoms with E-state index in [1.54, 1.807) is 6.92 Å². The highest BCUT2D eigenvalue weighted by molar-refractivity contribution is 5.86. The van der Waals surface area contributed by atoms with E-state index >= 15 is 0 Å². The number of amides is 2. The van der Waals surface area contributed by atoms with E-state index in [0.29, 0.717) is 0 Å². The van der Waals surface area contributed by atoms with Crippen molar-refractivity contribution in [3.63, 3.8) is 0 Å². The molecule has 96 valence electrons. The van der Waals surface area contributed by atoms with Crippen molar-refractivity contribution in [1.82, 2.24) is 10.8 Å². The maximum absolute atomic E-state index is 11.5. The fraction of sp³-hybridized carbons (Fsp3) is 0.333. The van der Waals surface area contributed by atoms with E-state index in [1.165, 1.54) is 0 Å². The summed E-state index contributed by atoms with van der Waals surface area (Å²) >= 11 is 0. The van der Waals surface area contributed by atoms with Crippen LogP contribution in [-0.2, 0) is 21.0 Å². The van der Waals surface area contributed by atoms with Crippen LogP contribution in [0, 0.1) is 0 Å². The van der Waals surface area contributed by atoms with Crippen LogP contribution in [0.15, 0.2) is 30.3 Å². The van der Waals surface area contributed by atoms with Crippen molar-refractivity contribution in [3.8, 4) is 0 Å². The molecule has 2 atom stereocenters. The largest absolute Gasteiger partial charge is 0.445 e. The lowest BCUT2D eigenvalue weighted by molar-refractivity contribution is -0.125. The molecule has 2 amide bonds. The van der Waals surface area contributed by atoms with Gasteiger partial charge in [-0.05, 0) is 12.5 Å². The lowest BCUT2D eigenvalue weighted by Crippen LogP contribution is -2.44. The van der Waals surface area contributed by atoms with Gasteiger partial charge in [-0.1, -0.05) is 30.3 Å². The molecule has 0 aliphatic carbocycles. The summed E-state index contributed by atoms with van der Waals surface area (Å²) in [5, 5.41) is 2.45. The Bertz CT molecular complexity index is 435. The number of nitrogens with one attached hydrogen (secondary N) is 2. The third-order valence-electron chi connectivity index (χ3n) is 2.58. The van der Waals surface area contributed by atoms with Crippen molar-refractivity contribution in [2.24, 2.45) is 0 Å². The normalized spacial score (nSPS) is 22.4. The topological polar surface area (TPSA) is 76.7 Å². The van der Waals surface area contributed by atoms with Crippen LogP contribution in [-0.4, -0.2) is 24.1 Å². The average Bonchev–Trinajstić information content (AvgIpc) is 2.69. The second-order valence-electron chi connectivity index (χ2n) is 3.97. The predicted octanol–water partition coefficient (Wildman–Crippen LogP) is 0.731. The third kappa shape index (κ3) is 2.98. The Hall–Kier alpha value is -2.08. The number of carbonyl (C=O) groups is 2. The molecular formula is C12H14N2O4. The predicted molar refractivity (Wildman–Crippen MR) is 62.2 cm³/mol. The van der Waals surface area contributed by atoms with Gasteiger partial charge in [0.25, 0.3) is 5.91 Å². The van der Waals surface area contributed by atoms with Crippen LogP contribution in [0.1, 0.15) is 12.5 Å². The maximum atomic E-state index is 11.5. The molecule has 1 aromatic carbocycles. The molecule has 1 saturated heterocycles. The molecule has 0 radical (unpaired) electrons. The highest BCUT2D eigenvalue weighted by Gasteiger charge is 2.34. The van der Waals surface area contributed by atoms with Crippen LogP contribution in [0.2, 0.25) is 0 Å². The summed E-state index contributed by atoms with van der Waals surface area (Å²) in [7, 11) is 0. The van der Waals surface area contributed by atoms with E-state index in [2.05, 4.69) is 10.8 Å². The molecule has 0 spiro atoms. The number of hydrogen-bond donors (Lipinski definition) is 2. The molecule has 0 saturated carbocycles. The van der Waals surface area contributed by atoms with Gasteiger partial charge in [0.15, 0.2) is 0 Å². The molecule has 18 heavy (non-hydrogen) atoms. The molecular weight excluding hydrogens is 236 g/mol. The SMILES string of the molecule is C[C@H]1ONC(=O)[C@H]1NC(=O)OCc1ccccc1. The molecule has 2 rings (SSSR count). The number of hydroxylamine groups is 1. The van der Waals surface area contributed by atoms with Gasteiger partial charge in [0.05, 0.1) is 0 Å². The van der Waals surface area contributed by atoms with Crippen LogP contribution in [0.5, 0.6) is 0 Å². The van der Waals surface area contributed by atoms with Gasteiger partial charge in [-0.25, -0.2) is 10.3 Å². The van der Waals surface area contributed by atoms with Gasteiger partial charge in [-0.15, -0.1) is 0 Å². The van der Waals surface area contributed by atoms with Gasteiger partial charge in [-0.3, -0.25) is 9.63 Å². The minimum Gasteiger partial charge on any atom is -0.445 e. The van der Waals surface area contributed by atoms with Gasteiger partial charge in [0.1, 0.15) is 18.8 Å². The Morgan fingerprint density at radius 2 is 2.17 bits per heavy atom. The first kappa shape index (κ1) is 12.4. The van der Waals surface area contributed by atoms with Crippen LogP contribution in [0.25, 0.3) is 0 Å². The van der Waals surface area contributed by atoms with Crippen molar-refractivity contribution in [3.05, 3.63) is 35.9 Å². The molecule has 6 heteroatoms. The molecule has 1 heterocycles. The summed E-state index contributed by atoms with van der Waals surface area (Å²) in [5.74, 6) is -0.376. The number of rotatable bonds is 3. The lowest BCUT2D eigenvalue weighted by atomic mass is 10.2. The number of carbonyl (C=O) groups excluding carboxylic acids is 2. The van der Waals surface area contributed by atoms with Crippen molar-refractivity contribution in [1.29, 1.82) is 0 Å². The molecule has 2 N–H and O–H groups in total. The van der Waals surface area contributed by atoms with Crippen LogP contribution < -0.4 is 10.8 Å². The smallest absolute Gasteiger partial charge is 0.408 e. The Kier molecular flexibility index (Phi) is 3.78. The Balaban J connectivity index is 1.80. The van der Waals surface area contributed by atoms with Crippen molar-refractivity contribution in [2.45, 2.75) is 25.7 Å². The summed E-state index contributed by atoms with van der Waals surface area (Å²) in [6, 6.07) is 8.58. The molecule has 0 unspecified atom stereocenters. The van der Waals surface area contributed by atoms with Gasteiger partial charge in [0.2, 0.25) is 0 Å². The standard InChI is InChI=1S/C12H14N2O4/c1-8-10(11(15)14-18-8)13-12(16)17-7-9-5-3-2-4-6-9/h2-6,8,10H,7H2,1H3,(H,13,16)(H,14,15)/t8-,10+/m1/s1. The van der Waals surface area contributed by atoms with Crippen molar-refractivity contribution >= 4 is 12.0 Å². The minimum atomic E-state index is -0.715. The van der Waals surface area contributed by atoms with Crippen LogP contribution in [0.3, 0.4) is 0 Å². The van der Waals surface area contributed by atoms with E-state index in [1.807, 2.05) is 30.3 Å². The number of ether oxygens (including phenoxy) is 1. The molecule has 1 aliphatic rings. The molecule has 1 aromatic rings. The zero-order valence-corrected chi connectivity index (χ0v) is 9.88. The van der Waals surface area contributed by atoms with Gasteiger partial charge in [-0.2, -0.15) is 0 Å². The minimum absolute atomic E-state index is 0.163. The molecule has 1 aliphatic heterocycles. The van der Waals surface area contributed by atoms with E-state index in [9.17, 15) is 9.59 Å². The number of benzene rings is 1. The molecule has 6 nitrogen and oxygen atoms in total. The van der Waals surface area contributed by atoms with Gasteiger partial charge < -0.3 is 10.1 Å². The van der Waals surface area contributed by atoms with E-state index in [4.69, 9.17) is 9.57 Å². The molecule has 1 fully saturated rings. The fourth-order valence-corrected chi connectivity index (χ4v) is 1.57. The fourth-order valence-electron chi connectivity index (χ4n) is 1.57. The van der Waals surface area contributed by atoms with Crippen LogP contribution >= 0.6 is 0 Å². The highest BCUT2D eigenvalue weighted by atomic mass is 16.7. The summed E-state index contributed by atoms with van der Waals surface area (Å²) in [6.45, 7) is 1.84. The number of alkyl carbamates (subject to hydrolysis) is 1. The first-order valence-electron chi connectivity index (χ1n) is 5.59. The number of hydrogen-bond acceptors (Lipinski definition) is 4. The second-order valence-corrected chi connectivity index (χ2v) is 3.97. The second kappa shape index (κ2) is 5.50. The summed E-state index contributed by atoms with van der Waals surface area (Å²) < 4.78 is 5.00. The lowest BCUT2D eigenvalue weighted by Gasteiger charge is -2.12. The Morgan fingerprint density at radius 1 is 1.44 bits per heavy atom. The van der Waals surface area contributed by atoms with E-state index in [-0.39, 0.29) is 12.5 Å². The monoisotopic (exact) mass is 250 g/mol. The highest BCUT2D eigenvalue weighted by Crippen LogP contribution is 2.06. The Morgan fingerprint density at radius 3 is 2.78 bits per heavy atom. The quantitative estimate of drug-likeness (QED) is 0.829. The third-order valence-corrected chi connectivity index (χ3v) is 2.58. The molecule has 0 aromatic heterocycles. The van der Waals surface area contributed by atoms with E-state index < -0.39 is 18.2 Å². The van der Waals surface area contributed by atoms with Crippen molar-refractivity contribution < 1.29 is 19.2 Å². The van der Waals surface area contributed by atoms with E-state index in [0.717, 1.165) is 5.56 Å². The Labute approximate surface area is 104 Å². The zero-order valence-electron chi connectivity index (χ0n) is 9.88. The van der Waals surface area contributed by atoms with Crippen LogP contribution in [0.4, 0.5) is 4.79 Å². The van der Waals surface area contributed by atoms with Gasteiger partial charge >= 0.3 is 6.09 Å². The summed E-state index contributed by atoms with van der Waals surface area (Å²) in [5.41, 5.74) is 3.07. The molecule has 0 bridgehead atoms. The maximum Gasteiger partial charge on any atom is 0.408 e. The van der Waals surface area contributed by atoms with Crippen molar-refractivity contribution in [2.75, 3.05) is 0 Å². The first-order chi connectivity index (χ1) is 8.66. The average molecular weight is 250 g/mol. The zero-order chi connectivity index (χ0) is 13.0. The summed E-state index contributed by atoms with van der Waals surface area (Å²) in [4.78, 5) is 27.7. The first-order valence-corrected chi connectivity index (χ1v) is 5.59. The summed E-state index contributed by atoms with van der Waals surface area (Å²) in [6.07, 6.45) is -1.06.